The van der Waals surface area contributed by atoms with E-state index < -0.39 is 16.1 Å². The molecule has 3 rings (SSSR count). The maximum atomic E-state index is 12.2. The zero-order chi connectivity index (χ0) is 17.2. The van der Waals surface area contributed by atoms with E-state index >= 15 is 0 Å². The summed E-state index contributed by atoms with van der Waals surface area (Å²) in [5.74, 6) is 0. The van der Waals surface area contributed by atoms with Crippen LogP contribution in [-0.2, 0) is 10.0 Å². The van der Waals surface area contributed by atoms with Crippen LogP contribution in [-0.4, -0.2) is 19.4 Å². The second kappa shape index (κ2) is 6.29. The molecule has 0 atom stereocenters. The third-order valence-corrected chi connectivity index (χ3v) is 4.75. The molecule has 2 amide bonds. The molecule has 0 aliphatic rings. The average Bonchev–Trinajstić information content (AvgIpc) is 2.54. The molecule has 6 nitrogen and oxygen atoms in total. The summed E-state index contributed by atoms with van der Waals surface area (Å²) in [7, 11) is -3.92. The van der Waals surface area contributed by atoms with Crippen molar-refractivity contribution in [2.45, 2.75) is 11.8 Å². The Bertz CT molecular complexity index is 999. The number of nitrogens with zero attached hydrogens (tertiary/aromatic N) is 1. The number of nitrogens with one attached hydrogen (secondary N) is 2. The topological polar surface area (TPSA) is 88.2 Å². The molecule has 122 valence electrons. The molecular formula is C17H15N3O3S. The van der Waals surface area contributed by atoms with Gasteiger partial charge in [-0.25, -0.2) is 17.9 Å². The number of benzene rings is 2. The molecule has 0 bridgehead atoms. The van der Waals surface area contributed by atoms with E-state index in [1.54, 1.807) is 18.2 Å². The van der Waals surface area contributed by atoms with Gasteiger partial charge in [0.05, 0.1) is 22.3 Å². The molecule has 0 saturated heterocycles. The van der Waals surface area contributed by atoms with Gasteiger partial charge in [-0.3, -0.25) is 4.98 Å². The number of hydrogen-bond acceptors (Lipinski definition) is 4. The summed E-state index contributed by atoms with van der Waals surface area (Å²) in [6.07, 6.45) is 1.47. The van der Waals surface area contributed by atoms with Gasteiger partial charge >= 0.3 is 6.03 Å². The summed E-state index contributed by atoms with van der Waals surface area (Å²) in [4.78, 5) is 16.2. The highest BCUT2D eigenvalue weighted by atomic mass is 32.2. The summed E-state index contributed by atoms with van der Waals surface area (Å²) in [6.45, 7) is 1.85. The number of rotatable bonds is 3. The number of pyridine rings is 1. The normalized spacial score (nSPS) is 11.2. The highest BCUT2D eigenvalue weighted by molar-refractivity contribution is 7.90. The number of anilines is 1. The average molecular weight is 341 g/mol. The summed E-state index contributed by atoms with van der Waals surface area (Å²) < 4.78 is 26.3. The first-order valence-corrected chi connectivity index (χ1v) is 8.68. The maximum Gasteiger partial charge on any atom is 0.333 e. The Morgan fingerprint density at radius 1 is 1.04 bits per heavy atom. The molecular weight excluding hydrogens is 326 g/mol. The standard InChI is InChI=1S/C17H15N3O3S/c1-12-6-8-15(9-7-12)24(22,23)20-17(21)19-14-10-13-4-2-3-5-16(13)18-11-14/h2-11H,1H3,(H2,19,20,21). The number of carbonyl (C=O) groups is 1. The van der Waals surface area contributed by atoms with Crippen LogP contribution in [0.4, 0.5) is 10.5 Å². The molecule has 0 spiro atoms. The Kier molecular flexibility index (Phi) is 4.18. The lowest BCUT2D eigenvalue weighted by molar-refractivity contribution is 0.256. The highest BCUT2D eigenvalue weighted by Gasteiger charge is 2.17. The molecule has 0 unspecified atom stereocenters. The van der Waals surface area contributed by atoms with Crippen molar-refractivity contribution in [1.82, 2.24) is 9.71 Å². The molecule has 0 aliphatic heterocycles. The SMILES string of the molecule is Cc1ccc(S(=O)(=O)NC(=O)Nc2cnc3ccccc3c2)cc1. The third kappa shape index (κ3) is 3.52. The lowest BCUT2D eigenvalue weighted by atomic mass is 10.2. The first kappa shape index (κ1) is 15.9. The number of sulfonamides is 1. The van der Waals surface area contributed by atoms with E-state index in [0.717, 1.165) is 16.5 Å². The minimum Gasteiger partial charge on any atom is -0.306 e. The Balaban J connectivity index is 1.75. The molecule has 0 saturated carbocycles. The molecule has 0 radical (unpaired) electrons. The number of amides is 2. The van der Waals surface area contributed by atoms with Gasteiger partial charge in [0.25, 0.3) is 10.0 Å². The van der Waals surface area contributed by atoms with Gasteiger partial charge in [0, 0.05) is 5.39 Å². The van der Waals surface area contributed by atoms with Crippen molar-refractivity contribution >= 4 is 32.6 Å². The zero-order valence-electron chi connectivity index (χ0n) is 12.9. The molecule has 1 heterocycles. The molecule has 24 heavy (non-hydrogen) atoms. The number of fused-ring (bicyclic) bond motifs is 1. The smallest absolute Gasteiger partial charge is 0.306 e. The third-order valence-electron chi connectivity index (χ3n) is 3.41. The van der Waals surface area contributed by atoms with Crippen molar-refractivity contribution in [3.8, 4) is 0 Å². The first-order chi connectivity index (χ1) is 11.4. The largest absolute Gasteiger partial charge is 0.333 e. The number of para-hydroxylation sites is 1. The van der Waals surface area contributed by atoms with Gasteiger partial charge in [-0.15, -0.1) is 0 Å². The van der Waals surface area contributed by atoms with Crippen LogP contribution in [0.15, 0.2) is 65.7 Å². The van der Waals surface area contributed by atoms with Crippen LogP contribution in [0.1, 0.15) is 5.56 Å². The van der Waals surface area contributed by atoms with E-state index in [0.29, 0.717) is 5.69 Å². The van der Waals surface area contributed by atoms with Crippen molar-refractivity contribution in [1.29, 1.82) is 0 Å². The monoisotopic (exact) mass is 341 g/mol. The van der Waals surface area contributed by atoms with E-state index in [-0.39, 0.29) is 4.90 Å². The minimum absolute atomic E-state index is 0.0277. The second-order valence-electron chi connectivity index (χ2n) is 5.29. The lowest BCUT2D eigenvalue weighted by Gasteiger charge is -2.09. The van der Waals surface area contributed by atoms with Crippen LogP contribution in [0.5, 0.6) is 0 Å². The number of aromatic nitrogens is 1. The van der Waals surface area contributed by atoms with Crippen LogP contribution in [0.2, 0.25) is 0 Å². The van der Waals surface area contributed by atoms with E-state index in [1.807, 2.05) is 35.9 Å². The summed E-state index contributed by atoms with van der Waals surface area (Å²) in [5, 5.41) is 3.32. The first-order valence-electron chi connectivity index (χ1n) is 7.19. The van der Waals surface area contributed by atoms with Gasteiger partial charge in [-0.05, 0) is 31.2 Å². The van der Waals surface area contributed by atoms with Crippen molar-refractivity contribution < 1.29 is 13.2 Å². The summed E-state index contributed by atoms with van der Waals surface area (Å²) >= 11 is 0. The fourth-order valence-corrected chi connectivity index (χ4v) is 3.10. The lowest BCUT2D eigenvalue weighted by Crippen LogP contribution is -2.34. The second-order valence-corrected chi connectivity index (χ2v) is 6.97. The van der Waals surface area contributed by atoms with E-state index in [2.05, 4.69) is 10.3 Å². The highest BCUT2D eigenvalue weighted by Crippen LogP contribution is 2.16. The van der Waals surface area contributed by atoms with Gasteiger partial charge in [0.1, 0.15) is 0 Å². The Hall–Kier alpha value is -2.93. The maximum absolute atomic E-state index is 12.2. The Morgan fingerprint density at radius 2 is 1.75 bits per heavy atom. The summed E-state index contributed by atoms with van der Waals surface area (Å²) in [5.41, 5.74) is 2.13. The molecule has 2 N–H and O–H groups in total. The zero-order valence-corrected chi connectivity index (χ0v) is 13.7. The molecule has 1 aromatic heterocycles. The molecule has 0 aliphatic carbocycles. The Morgan fingerprint density at radius 3 is 2.50 bits per heavy atom. The summed E-state index contributed by atoms with van der Waals surface area (Å²) in [6, 6.07) is 14.5. The van der Waals surface area contributed by atoms with Gasteiger partial charge in [-0.2, -0.15) is 0 Å². The number of aryl methyl sites for hydroxylation is 1. The molecule has 7 heteroatoms. The van der Waals surface area contributed by atoms with Gasteiger partial charge in [-0.1, -0.05) is 35.9 Å². The van der Waals surface area contributed by atoms with Crippen molar-refractivity contribution in [2.75, 3.05) is 5.32 Å². The van der Waals surface area contributed by atoms with E-state index in [1.165, 1.54) is 18.3 Å². The van der Waals surface area contributed by atoms with Gasteiger partial charge in [0.2, 0.25) is 0 Å². The van der Waals surface area contributed by atoms with Crippen LogP contribution in [0, 0.1) is 6.92 Å². The number of urea groups is 1. The Labute approximate surface area is 139 Å². The number of carbonyl (C=O) groups excluding carboxylic acids is 1. The van der Waals surface area contributed by atoms with Crippen molar-refractivity contribution in [3.05, 3.63) is 66.4 Å². The van der Waals surface area contributed by atoms with Gasteiger partial charge in [0.15, 0.2) is 0 Å². The van der Waals surface area contributed by atoms with Crippen LogP contribution in [0.25, 0.3) is 10.9 Å². The van der Waals surface area contributed by atoms with E-state index in [4.69, 9.17) is 0 Å². The van der Waals surface area contributed by atoms with Gasteiger partial charge < -0.3 is 5.32 Å². The molecule has 2 aromatic carbocycles. The predicted molar refractivity (Wildman–Crippen MR) is 92.3 cm³/mol. The van der Waals surface area contributed by atoms with Crippen molar-refractivity contribution in [3.63, 3.8) is 0 Å². The number of hydrogen-bond donors (Lipinski definition) is 2. The fourth-order valence-electron chi connectivity index (χ4n) is 2.19. The van der Waals surface area contributed by atoms with Crippen LogP contribution < -0.4 is 10.0 Å². The van der Waals surface area contributed by atoms with E-state index in [9.17, 15) is 13.2 Å². The molecule has 3 aromatic rings. The fraction of sp³-hybridized carbons (Fsp3) is 0.0588. The minimum atomic E-state index is -3.92. The predicted octanol–water partition coefficient (Wildman–Crippen LogP) is 3.05. The van der Waals surface area contributed by atoms with Crippen molar-refractivity contribution in [2.24, 2.45) is 0 Å². The molecule has 0 fully saturated rings. The quantitative estimate of drug-likeness (QED) is 0.766. The van der Waals surface area contributed by atoms with Crippen LogP contribution in [0.3, 0.4) is 0 Å². The van der Waals surface area contributed by atoms with Crippen LogP contribution >= 0.6 is 0 Å².